The smallest absolute Gasteiger partial charge is 0.0598 e. The highest BCUT2D eigenvalue weighted by Crippen LogP contribution is 2.42. The summed E-state index contributed by atoms with van der Waals surface area (Å²) in [6, 6.07) is 0. The fourth-order valence-electron chi connectivity index (χ4n) is 19.6. The Morgan fingerprint density at radius 2 is 0.677 bits per heavy atom. The van der Waals surface area contributed by atoms with Gasteiger partial charge in [0, 0.05) is 0 Å². The summed E-state index contributed by atoms with van der Waals surface area (Å²) in [5.41, 5.74) is 0. The summed E-state index contributed by atoms with van der Waals surface area (Å²) in [7, 11) is 0. The molecule has 8 heteroatoms. The topological polar surface area (TPSA) is 162 Å². The highest BCUT2D eigenvalue weighted by Gasteiger charge is 2.36. The number of rotatable bonds is 19. The lowest BCUT2D eigenvalue weighted by Crippen LogP contribution is -2.35. The summed E-state index contributed by atoms with van der Waals surface area (Å²) in [6.45, 7) is 47.1. The average Bonchev–Trinajstić information content (AvgIpc) is 1.98. The number of aliphatic hydroxyl groups excluding tert-OH is 8. The third kappa shape index (κ3) is 35.0. The van der Waals surface area contributed by atoms with Crippen molar-refractivity contribution in [3.63, 3.8) is 0 Å². The molecule has 0 spiro atoms. The molecule has 0 aromatic heterocycles. The molecular weight excluding hydrogens is 1180 g/mol. The molecule has 0 radical (unpaired) electrons. The maximum Gasteiger partial charge on any atom is 0.0598 e. The van der Waals surface area contributed by atoms with Crippen molar-refractivity contribution < 1.29 is 40.9 Å². The van der Waals surface area contributed by atoms with Gasteiger partial charge in [0.2, 0.25) is 0 Å². The predicted molar refractivity (Wildman–Crippen MR) is 416 cm³/mol. The van der Waals surface area contributed by atoms with Crippen LogP contribution in [0.5, 0.6) is 0 Å². The molecule has 8 saturated carbocycles. The zero-order chi connectivity index (χ0) is 72.6. The Hall–Kier alpha value is -0.320. The zero-order valence-electron chi connectivity index (χ0n) is 68.2. The molecule has 0 aliphatic heterocycles. The minimum atomic E-state index is -0.0243. The van der Waals surface area contributed by atoms with Crippen molar-refractivity contribution in [3.05, 3.63) is 0 Å². The van der Waals surface area contributed by atoms with Crippen molar-refractivity contribution in [1.82, 2.24) is 0 Å². The van der Waals surface area contributed by atoms with E-state index in [1.165, 1.54) is 167 Å². The average molecular weight is 1360 g/mol. The third-order valence-electron chi connectivity index (χ3n) is 27.0. The van der Waals surface area contributed by atoms with E-state index in [2.05, 4.69) is 145 Å². The summed E-state index contributed by atoms with van der Waals surface area (Å²) < 4.78 is 0. The number of aliphatic hydroxyl groups is 8. The first kappa shape index (κ1) is 93.7. The van der Waals surface area contributed by atoms with Crippen LogP contribution in [-0.2, 0) is 0 Å². The molecule has 0 bridgehead atoms. The van der Waals surface area contributed by atoms with Crippen LogP contribution in [0.1, 0.15) is 389 Å². The zero-order valence-corrected chi connectivity index (χ0v) is 68.2. The lowest BCUT2D eigenvalue weighted by Gasteiger charge is -2.37. The molecule has 0 saturated heterocycles. The number of hydrogen-bond acceptors (Lipinski definition) is 8. The first-order valence-corrected chi connectivity index (χ1v) is 43.1. The summed E-state index contributed by atoms with van der Waals surface area (Å²) in [4.78, 5) is 0. The van der Waals surface area contributed by atoms with Crippen molar-refractivity contribution in [3.8, 4) is 0 Å². The minimum absolute atomic E-state index is 0.00343. The number of hydrogen-bond donors (Lipinski definition) is 8. The molecule has 8 rings (SSSR count). The van der Waals surface area contributed by atoms with Gasteiger partial charge in [-0.1, -0.05) is 242 Å². The predicted octanol–water partition coefficient (Wildman–Crippen LogP) is 23.1. The minimum Gasteiger partial charge on any atom is -0.393 e. The Morgan fingerprint density at radius 3 is 1.17 bits per heavy atom. The van der Waals surface area contributed by atoms with Gasteiger partial charge in [0.1, 0.15) is 0 Å². The normalized spacial score (nSPS) is 37.1. The molecule has 576 valence electrons. The lowest BCUT2D eigenvalue weighted by atomic mass is 9.71. The maximum absolute atomic E-state index is 10.00. The van der Waals surface area contributed by atoms with E-state index in [0.29, 0.717) is 65.1 Å². The van der Waals surface area contributed by atoms with Crippen LogP contribution in [0.15, 0.2) is 0 Å². The van der Waals surface area contributed by atoms with Crippen LogP contribution in [-0.4, -0.2) is 89.7 Å². The van der Waals surface area contributed by atoms with Gasteiger partial charge in [-0.25, -0.2) is 0 Å². The van der Waals surface area contributed by atoms with E-state index < -0.39 is 0 Å². The molecule has 8 nitrogen and oxygen atoms in total. The van der Waals surface area contributed by atoms with Crippen molar-refractivity contribution in [1.29, 1.82) is 0 Å². The highest BCUT2D eigenvalue weighted by atomic mass is 16.3. The van der Waals surface area contributed by atoms with E-state index >= 15 is 0 Å². The summed E-state index contributed by atoms with van der Waals surface area (Å²) in [5.74, 6) is 14.7. The monoisotopic (exact) mass is 1360 g/mol. The first-order valence-electron chi connectivity index (χ1n) is 43.1. The van der Waals surface area contributed by atoms with Gasteiger partial charge < -0.3 is 40.9 Å². The molecule has 24 unspecified atom stereocenters. The maximum atomic E-state index is 10.00. The van der Waals surface area contributed by atoms with Gasteiger partial charge in [0.15, 0.2) is 0 Å². The van der Waals surface area contributed by atoms with Crippen LogP contribution in [0.25, 0.3) is 0 Å². The van der Waals surface area contributed by atoms with Gasteiger partial charge in [-0.2, -0.15) is 0 Å². The second-order valence-electron chi connectivity index (χ2n) is 35.2. The molecule has 0 aromatic carbocycles. The molecule has 0 amide bonds. The standard InChI is InChI=1S/8C11H22O/c1-4-9-7-10(8(2)3)5-6-11(9)12;1-4-9-5-6-10(8(2)3)7-11(9)12;1-4-9-5-6-11(12)10(7-9)8(2)3;1-4-9-10(8(2)3)6-5-7-11(9)12;1-4-9-6-5-7-10(8(2)3)11(9)12;1-3-6-10-8-5-7-9(4-2)11(10)12;1-3-5-10-8-11(12)7-6-9(10)4-2;1-3-5-10-8-9(4-2)6-7-11(10)12/h5*8-12H,4-7H2,1-3H3;3*9-12H,3-8H2,1-2H3. The van der Waals surface area contributed by atoms with Gasteiger partial charge >= 0.3 is 0 Å². The summed E-state index contributed by atoms with van der Waals surface area (Å²) in [6.07, 6.45) is 45.7. The van der Waals surface area contributed by atoms with E-state index in [1.54, 1.807) is 0 Å². The van der Waals surface area contributed by atoms with Crippen LogP contribution in [0.3, 0.4) is 0 Å². The second kappa shape index (κ2) is 53.5. The Kier molecular flexibility index (Phi) is 52.2. The van der Waals surface area contributed by atoms with E-state index in [1.807, 2.05) is 0 Å². The van der Waals surface area contributed by atoms with Crippen molar-refractivity contribution in [2.24, 2.45) is 124 Å². The van der Waals surface area contributed by atoms with E-state index in [-0.39, 0.29) is 48.8 Å². The van der Waals surface area contributed by atoms with Crippen LogP contribution in [0.2, 0.25) is 0 Å². The van der Waals surface area contributed by atoms with E-state index in [4.69, 9.17) is 0 Å². The third-order valence-corrected chi connectivity index (χ3v) is 27.0. The molecular formula is C88H176O8. The van der Waals surface area contributed by atoms with Gasteiger partial charge in [-0.05, 0) is 272 Å². The van der Waals surface area contributed by atoms with Crippen molar-refractivity contribution >= 4 is 0 Å². The fraction of sp³-hybridized carbons (Fsp3) is 1.00. The van der Waals surface area contributed by atoms with Crippen molar-refractivity contribution in [2.75, 3.05) is 0 Å². The largest absolute Gasteiger partial charge is 0.393 e. The van der Waals surface area contributed by atoms with Gasteiger partial charge in [0.25, 0.3) is 0 Å². The first-order chi connectivity index (χ1) is 45.6. The SMILES string of the molecule is CCC1C(O)CCCC1C(C)C.CCC1CC(C(C)C)CCC1O.CCC1CCC(C(C)C)CC1O.CCC1CCC(O)C(C(C)C)C1.CCC1CCCC(C(C)C)C1O.CCCC1CC(CC)CCC1O.CCCC1CC(O)CCC1CC.CCCC1CCCC(CC)C1O. The van der Waals surface area contributed by atoms with Crippen LogP contribution >= 0.6 is 0 Å². The van der Waals surface area contributed by atoms with Gasteiger partial charge in [0.05, 0.1) is 48.8 Å². The van der Waals surface area contributed by atoms with E-state index in [0.717, 1.165) is 136 Å². The molecule has 8 fully saturated rings. The Bertz CT molecular complexity index is 1750. The van der Waals surface area contributed by atoms with Crippen molar-refractivity contribution in [2.45, 2.75) is 438 Å². The second-order valence-corrected chi connectivity index (χ2v) is 35.2. The Morgan fingerprint density at radius 1 is 0.250 bits per heavy atom. The molecule has 0 heterocycles. The summed E-state index contributed by atoms with van der Waals surface area (Å²) in [5, 5.41) is 78.2. The van der Waals surface area contributed by atoms with Crippen LogP contribution < -0.4 is 0 Å². The fourth-order valence-corrected chi connectivity index (χ4v) is 19.6. The molecule has 24 atom stereocenters. The molecule has 0 aromatic rings. The van der Waals surface area contributed by atoms with Gasteiger partial charge in [-0.3, -0.25) is 0 Å². The lowest BCUT2D eigenvalue weighted by molar-refractivity contribution is -0.00362. The Balaban J connectivity index is 0.000000549. The van der Waals surface area contributed by atoms with E-state index in [9.17, 15) is 40.9 Å². The molecule has 8 N–H and O–H groups in total. The van der Waals surface area contributed by atoms with Gasteiger partial charge in [-0.15, -0.1) is 0 Å². The molecule has 8 aliphatic rings. The molecule has 8 aliphatic carbocycles. The van der Waals surface area contributed by atoms with Crippen LogP contribution in [0.4, 0.5) is 0 Å². The quantitative estimate of drug-likeness (QED) is 0.0634. The molecule has 96 heavy (non-hydrogen) atoms. The Labute approximate surface area is 600 Å². The van der Waals surface area contributed by atoms with Crippen LogP contribution in [0, 0.1) is 124 Å². The summed E-state index contributed by atoms with van der Waals surface area (Å²) >= 11 is 0. The highest BCUT2D eigenvalue weighted by molar-refractivity contribution is 4.87.